The molecule has 1 aliphatic rings. The summed E-state index contributed by atoms with van der Waals surface area (Å²) < 4.78 is 19.9. The van der Waals surface area contributed by atoms with Gasteiger partial charge in [0.05, 0.1) is 16.2 Å². The van der Waals surface area contributed by atoms with Gasteiger partial charge in [-0.1, -0.05) is 6.07 Å². The van der Waals surface area contributed by atoms with Gasteiger partial charge in [0.2, 0.25) is 0 Å². The summed E-state index contributed by atoms with van der Waals surface area (Å²) in [6.07, 6.45) is 0. The van der Waals surface area contributed by atoms with Gasteiger partial charge in [-0.2, -0.15) is 0 Å². The molecule has 0 aliphatic carbocycles. The molecule has 1 fully saturated rings. The maximum atomic E-state index is 14.3. The number of nitro groups is 1. The number of ketones is 1. The standard InChI is InChI=1S/C21H22FN3O5/c1-14-18(25(28)29)4-3-5-20(14)30-13-21(27)24-10-8-23(9-11-24)19-7-6-16(15(2)26)12-17(19)22/h3-7,12H,8-11,13H2,1-2H3. The molecule has 158 valence electrons. The number of nitro benzene ring substituents is 1. The van der Waals surface area contributed by atoms with Gasteiger partial charge in [-0.15, -0.1) is 0 Å². The van der Waals surface area contributed by atoms with Crippen LogP contribution in [-0.2, 0) is 4.79 Å². The SMILES string of the molecule is CC(=O)c1ccc(N2CCN(C(=O)COc3cccc([N+](=O)[O-])c3C)CC2)c(F)c1. The molecule has 0 saturated carbocycles. The molecule has 0 bridgehead atoms. The van der Waals surface area contributed by atoms with Gasteiger partial charge in [0.1, 0.15) is 11.6 Å². The lowest BCUT2D eigenvalue weighted by Crippen LogP contribution is -2.50. The van der Waals surface area contributed by atoms with Crippen LogP contribution in [0.1, 0.15) is 22.8 Å². The normalized spacial score (nSPS) is 13.8. The van der Waals surface area contributed by atoms with Gasteiger partial charge in [0.25, 0.3) is 11.6 Å². The second-order valence-electron chi connectivity index (χ2n) is 7.04. The average Bonchev–Trinajstić information content (AvgIpc) is 2.72. The highest BCUT2D eigenvalue weighted by atomic mass is 19.1. The number of Topliss-reactive ketones (excluding diaryl/α,β-unsaturated/α-hetero) is 1. The summed E-state index contributed by atoms with van der Waals surface area (Å²) in [4.78, 5) is 37.8. The Bertz CT molecular complexity index is 987. The van der Waals surface area contributed by atoms with E-state index >= 15 is 0 Å². The lowest BCUT2D eigenvalue weighted by Gasteiger charge is -2.36. The average molecular weight is 415 g/mol. The van der Waals surface area contributed by atoms with Crippen molar-refractivity contribution in [1.29, 1.82) is 0 Å². The number of anilines is 1. The second-order valence-corrected chi connectivity index (χ2v) is 7.04. The van der Waals surface area contributed by atoms with Crippen LogP contribution in [0.5, 0.6) is 5.75 Å². The van der Waals surface area contributed by atoms with E-state index in [1.165, 1.54) is 25.1 Å². The first-order chi connectivity index (χ1) is 14.3. The first kappa shape index (κ1) is 21.2. The Balaban J connectivity index is 1.57. The number of hydrogen-bond donors (Lipinski definition) is 0. The van der Waals surface area contributed by atoms with Crippen LogP contribution in [-0.4, -0.2) is 54.3 Å². The monoisotopic (exact) mass is 415 g/mol. The van der Waals surface area contributed by atoms with Crippen molar-refractivity contribution in [2.45, 2.75) is 13.8 Å². The predicted octanol–water partition coefficient (Wildman–Crippen LogP) is 2.97. The topological polar surface area (TPSA) is 93.0 Å². The first-order valence-corrected chi connectivity index (χ1v) is 9.48. The van der Waals surface area contributed by atoms with Crippen LogP contribution in [0.15, 0.2) is 36.4 Å². The molecule has 2 aromatic carbocycles. The summed E-state index contributed by atoms with van der Waals surface area (Å²) in [5, 5.41) is 11.0. The molecule has 1 saturated heterocycles. The van der Waals surface area contributed by atoms with Crippen LogP contribution in [0, 0.1) is 22.9 Å². The van der Waals surface area contributed by atoms with Crippen molar-refractivity contribution in [1.82, 2.24) is 4.90 Å². The van der Waals surface area contributed by atoms with Crippen molar-refractivity contribution in [3.8, 4) is 5.75 Å². The molecular weight excluding hydrogens is 393 g/mol. The molecule has 0 radical (unpaired) electrons. The van der Waals surface area contributed by atoms with E-state index < -0.39 is 10.7 Å². The quantitative estimate of drug-likeness (QED) is 0.409. The Morgan fingerprint density at radius 3 is 2.47 bits per heavy atom. The molecule has 30 heavy (non-hydrogen) atoms. The number of halogens is 1. The number of hydrogen-bond acceptors (Lipinski definition) is 6. The molecule has 0 atom stereocenters. The molecule has 3 rings (SSSR count). The van der Waals surface area contributed by atoms with Crippen LogP contribution in [0.3, 0.4) is 0 Å². The zero-order chi connectivity index (χ0) is 21.8. The van der Waals surface area contributed by atoms with Gasteiger partial charge in [-0.25, -0.2) is 4.39 Å². The van der Waals surface area contributed by atoms with Crippen molar-refractivity contribution in [3.63, 3.8) is 0 Å². The lowest BCUT2D eigenvalue weighted by molar-refractivity contribution is -0.385. The lowest BCUT2D eigenvalue weighted by atomic mass is 10.1. The number of carbonyl (C=O) groups excluding carboxylic acids is 2. The third-order valence-corrected chi connectivity index (χ3v) is 5.13. The molecule has 0 aromatic heterocycles. The molecule has 0 unspecified atom stereocenters. The zero-order valence-electron chi connectivity index (χ0n) is 16.8. The van der Waals surface area contributed by atoms with Gasteiger partial charge < -0.3 is 14.5 Å². The van der Waals surface area contributed by atoms with E-state index in [1.807, 2.05) is 4.90 Å². The number of rotatable bonds is 6. The second kappa shape index (κ2) is 8.89. The number of ether oxygens (including phenoxy) is 1. The van der Waals surface area contributed by atoms with E-state index in [9.17, 15) is 24.1 Å². The summed E-state index contributed by atoms with van der Waals surface area (Å²) in [6, 6.07) is 8.87. The zero-order valence-corrected chi connectivity index (χ0v) is 16.8. The highest BCUT2D eigenvalue weighted by Gasteiger charge is 2.24. The first-order valence-electron chi connectivity index (χ1n) is 9.48. The minimum Gasteiger partial charge on any atom is -0.483 e. The van der Waals surface area contributed by atoms with Crippen LogP contribution in [0.2, 0.25) is 0 Å². The molecule has 0 N–H and O–H groups in total. The minimum atomic E-state index is -0.495. The van der Waals surface area contributed by atoms with E-state index in [0.717, 1.165) is 0 Å². The Morgan fingerprint density at radius 1 is 1.17 bits per heavy atom. The summed E-state index contributed by atoms with van der Waals surface area (Å²) in [5.74, 6) is -0.612. The third kappa shape index (κ3) is 4.56. The largest absolute Gasteiger partial charge is 0.483 e. The van der Waals surface area contributed by atoms with E-state index in [4.69, 9.17) is 4.74 Å². The van der Waals surface area contributed by atoms with Crippen molar-refractivity contribution in [3.05, 3.63) is 63.5 Å². The van der Waals surface area contributed by atoms with Crippen molar-refractivity contribution < 1.29 is 23.6 Å². The van der Waals surface area contributed by atoms with Gasteiger partial charge in [-0.05, 0) is 38.1 Å². The van der Waals surface area contributed by atoms with Gasteiger partial charge in [0.15, 0.2) is 12.4 Å². The maximum Gasteiger partial charge on any atom is 0.276 e. The summed E-state index contributed by atoms with van der Waals surface area (Å²) in [7, 11) is 0. The molecule has 1 aliphatic heterocycles. The van der Waals surface area contributed by atoms with E-state index in [1.54, 1.807) is 30.0 Å². The summed E-state index contributed by atoms with van der Waals surface area (Å²) >= 11 is 0. The molecule has 1 amide bonds. The van der Waals surface area contributed by atoms with Crippen LogP contribution < -0.4 is 9.64 Å². The maximum absolute atomic E-state index is 14.3. The Kier molecular flexibility index (Phi) is 6.29. The molecule has 1 heterocycles. The van der Waals surface area contributed by atoms with Gasteiger partial charge in [-0.3, -0.25) is 19.7 Å². The smallest absolute Gasteiger partial charge is 0.276 e. The van der Waals surface area contributed by atoms with Crippen LogP contribution in [0.25, 0.3) is 0 Å². The Hall–Kier alpha value is -3.49. The van der Waals surface area contributed by atoms with Crippen molar-refractivity contribution in [2.24, 2.45) is 0 Å². The Morgan fingerprint density at radius 2 is 1.87 bits per heavy atom. The fraction of sp³-hybridized carbons (Fsp3) is 0.333. The predicted molar refractivity (Wildman–Crippen MR) is 109 cm³/mol. The minimum absolute atomic E-state index is 0.0635. The fourth-order valence-electron chi connectivity index (χ4n) is 3.37. The number of benzene rings is 2. The molecule has 9 heteroatoms. The highest BCUT2D eigenvalue weighted by Crippen LogP contribution is 2.27. The Labute approximate surface area is 173 Å². The summed E-state index contributed by atoms with van der Waals surface area (Å²) in [6.45, 7) is 4.40. The third-order valence-electron chi connectivity index (χ3n) is 5.13. The number of piperazine rings is 1. The van der Waals surface area contributed by atoms with E-state index in [2.05, 4.69) is 0 Å². The van der Waals surface area contributed by atoms with Crippen molar-refractivity contribution in [2.75, 3.05) is 37.7 Å². The van der Waals surface area contributed by atoms with Crippen molar-refractivity contribution >= 4 is 23.1 Å². The molecule has 0 spiro atoms. The van der Waals surface area contributed by atoms with E-state index in [-0.39, 0.29) is 24.0 Å². The fourth-order valence-corrected chi connectivity index (χ4v) is 3.37. The van der Waals surface area contributed by atoms with Crippen LogP contribution >= 0.6 is 0 Å². The number of nitrogens with zero attached hydrogens (tertiary/aromatic N) is 3. The molecular formula is C21H22FN3O5. The summed E-state index contributed by atoms with van der Waals surface area (Å²) in [5.41, 5.74) is 1.02. The van der Waals surface area contributed by atoms with E-state index in [0.29, 0.717) is 48.7 Å². The van der Waals surface area contributed by atoms with Gasteiger partial charge in [0, 0.05) is 37.8 Å². The molecule has 2 aromatic rings. The molecule has 8 nitrogen and oxygen atoms in total. The van der Waals surface area contributed by atoms with Gasteiger partial charge >= 0.3 is 0 Å². The van der Waals surface area contributed by atoms with Crippen LogP contribution in [0.4, 0.5) is 15.8 Å². The highest BCUT2D eigenvalue weighted by molar-refractivity contribution is 5.94. The number of carbonyl (C=O) groups is 2. The number of amides is 1.